The smallest absolute Gasteiger partial charge is 0.220 e. The van der Waals surface area contributed by atoms with Crippen LogP contribution in [0.25, 0.3) is 0 Å². The molecule has 0 aliphatic carbocycles. The van der Waals surface area contributed by atoms with Crippen LogP contribution in [0.5, 0.6) is 0 Å². The van der Waals surface area contributed by atoms with Crippen molar-refractivity contribution < 1.29 is 14.3 Å². The van der Waals surface area contributed by atoms with Gasteiger partial charge in [0.05, 0.1) is 6.10 Å². The minimum atomic E-state index is -0.482. The second-order valence-corrected chi connectivity index (χ2v) is 6.55. The summed E-state index contributed by atoms with van der Waals surface area (Å²) in [5, 5.41) is 12.9. The Morgan fingerprint density at radius 2 is 1.95 bits per heavy atom. The third kappa shape index (κ3) is 5.46. The fourth-order valence-corrected chi connectivity index (χ4v) is 2.37. The van der Waals surface area contributed by atoms with Crippen molar-refractivity contribution in [1.82, 2.24) is 5.32 Å². The molecule has 2 N–H and O–H groups in total. The first-order chi connectivity index (χ1) is 9.74. The Hall–Kier alpha value is -1.42. The Balaban J connectivity index is 2.43. The first-order valence-corrected chi connectivity index (χ1v) is 7.42. The maximum Gasteiger partial charge on any atom is 0.220 e. The molecule has 0 fully saturated rings. The van der Waals surface area contributed by atoms with Crippen LogP contribution in [0, 0.1) is 17.2 Å². The number of hydrogen-bond donors (Lipinski definition) is 2. The summed E-state index contributed by atoms with van der Waals surface area (Å²) in [6, 6.07) is 6.48. The van der Waals surface area contributed by atoms with Crippen LogP contribution in [0.15, 0.2) is 24.3 Å². The highest BCUT2D eigenvalue weighted by atomic mass is 19.1. The van der Waals surface area contributed by atoms with E-state index in [1.165, 1.54) is 6.07 Å². The summed E-state index contributed by atoms with van der Waals surface area (Å²) in [6.07, 6.45) is 0.143. The predicted molar refractivity (Wildman–Crippen MR) is 82.4 cm³/mol. The molecule has 0 aliphatic rings. The molecular formula is C17H26FNO2. The van der Waals surface area contributed by atoms with Gasteiger partial charge in [-0.15, -0.1) is 0 Å². The number of rotatable bonds is 7. The van der Waals surface area contributed by atoms with Gasteiger partial charge in [0.1, 0.15) is 5.82 Å². The number of halogens is 1. The van der Waals surface area contributed by atoms with Gasteiger partial charge < -0.3 is 10.4 Å². The monoisotopic (exact) mass is 295 g/mol. The SMILES string of the molecule is CC(C)C(O)C(C)(C)CNC(=O)CCc1ccccc1F. The van der Waals surface area contributed by atoms with Crippen molar-refractivity contribution >= 4 is 5.91 Å². The molecule has 0 radical (unpaired) electrons. The lowest BCUT2D eigenvalue weighted by molar-refractivity contribution is -0.122. The number of benzene rings is 1. The Kier molecular flexibility index (Phi) is 6.34. The number of aryl methyl sites for hydroxylation is 1. The summed E-state index contributed by atoms with van der Waals surface area (Å²) in [4.78, 5) is 11.9. The third-order valence-electron chi connectivity index (χ3n) is 3.75. The highest BCUT2D eigenvalue weighted by Gasteiger charge is 2.30. The van der Waals surface area contributed by atoms with Gasteiger partial charge in [0.15, 0.2) is 0 Å². The van der Waals surface area contributed by atoms with E-state index in [2.05, 4.69) is 5.32 Å². The molecule has 0 spiro atoms. The van der Waals surface area contributed by atoms with E-state index in [1.807, 2.05) is 27.7 Å². The average molecular weight is 295 g/mol. The van der Waals surface area contributed by atoms with E-state index in [-0.39, 0.29) is 29.5 Å². The largest absolute Gasteiger partial charge is 0.392 e. The minimum Gasteiger partial charge on any atom is -0.392 e. The van der Waals surface area contributed by atoms with E-state index < -0.39 is 6.10 Å². The Morgan fingerprint density at radius 3 is 2.52 bits per heavy atom. The van der Waals surface area contributed by atoms with Gasteiger partial charge in [0.25, 0.3) is 0 Å². The summed E-state index contributed by atoms with van der Waals surface area (Å²) < 4.78 is 13.4. The molecule has 0 bridgehead atoms. The summed E-state index contributed by atoms with van der Waals surface area (Å²) in [6.45, 7) is 8.16. The molecule has 1 amide bonds. The molecular weight excluding hydrogens is 269 g/mol. The first-order valence-electron chi connectivity index (χ1n) is 7.42. The second-order valence-electron chi connectivity index (χ2n) is 6.55. The zero-order valence-electron chi connectivity index (χ0n) is 13.3. The first kappa shape index (κ1) is 17.6. The summed E-state index contributed by atoms with van der Waals surface area (Å²) in [5.41, 5.74) is 0.163. The van der Waals surface area contributed by atoms with Crippen molar-refractivity contribution in [2.45, 2.75) is 46.6 Å². The Labute approximate surface area is 126 Å². The molecule has 0 aromatic heterocycles. The van der Waals surface area contributed by atoms with Crippen LogP contribution < -0.4 is 5.32 Å². The molecule has 0 aliphatic heterocycles. The molecule has 1 aromatic carbocycles. The number of carbonyl (C=O) groups is 1. The van der Waals surface area contributed by atoms with Crippen LogP contribution in [0.4, 0.5) is 4.39 Å². The van der Waals surface area contributed by atoms with Gasteiger partial charge in [-0.1, -0.05) is 45.9 Å². The maximum atomic E-state index is 13.4. The fraction of sp³-hybridized carbons (Fsp3) is 0.588. The molecule has 1 atom stereocenters. The number of nitrogens with one attached hydrogen (secondary N) is 1. The van der Waals surface area contributed by atoms with Gasteiger partial charge in [-0.05, 0) is 24.0 Å². The normalized spacial score (nSPS) is 13.3. The quantitative estimate of drug-likeness (QED) is 0.812. The summed E-state index contributed by atoms with van der Waals surface area (Å²) in [5.74, 6) is -0.265. The van der Waals surface area contributed by atoms with Crippen molar-refractivity contribution in [3.8, 4) is 0 Å². The predicted octanol–water partition coefficient (Wildman–Crippen LogP) is 2.92. The molecule has 118 valence electrons. The van der Waals surface area contributed by atoms with Crippen molar-refractivity contribution in [3.05, 3.63) is 35.6 Å². The highest BCUT2D eigenvalue weighted by Crippen LogP contribution is 2.25. The highest BCUT2D eigenvalue weighted by molar-refractivity contribution is 5.76. The van der Waals surface area contributed by atoms with E-state index in [1.54, 1.807) is 18.2 Å². The van der Waals surface area contributed by atoms with Crippen LogP contribution >= 0.6 is 0 Å². The lowest BCUT2D eigenvalue weighted by Crippen LogP contribution is -2.43. The minimum absolute atomic E-state index is 0.123. The van der Waals surface area contributed by atoms with Gasteiger partial charge in [-0.3, -0.25) is 4.79 Å². The number of aliphatic hydroxyl groups excluding tert-OH is 1. The molecule has 3 nitrogen and oxygen atoms in total. The second kappa shape index (κ2) is 7.55. The van der Waals surface area contributed by atoms with Gasteiger partial charge in [0.2, 0.25) is 5.91 Å². The zero-order chi connectivity index (χ0) is 16.0. The summed E-state index contributed by atoms with van der Waals surface area (Å²) in [7, 11) is 0. The topological polar surface area (TPSA) is 49.3 Å². The number of amides is 1. The van der Waals surface area contributed by atoms with Gasteiger partial charge in [0, 0.05) is 18.4 Å². The molecule has 0 saturated heterocycles. The standard InChI is InChI=1S/C17H26FNO2/c1-12(2)16(21)17(3,4)11-19-15(20)10-9-13-7-5-6-8-14(13)18/h5-8,12,16,21H,9-11H2,1-4H3,(H,19,20). The van der Waals surface area contributed by atoms with Crippen molar-refractivity contribution in [2.24, 2.45) is 11.3 Å². The van der Waals surface area contributed by atoms with Crippen molar-refractivity contribution in [2.75, 3.05) is 6.54 Å². The lowest BCUT2D eigenvalue weighted by atomic mass is 9.80. The van der Waals surface area contributed by atoms with E-state index in [4.69, 9.17) is 0 Å². The molecule has 4 heteroatoms. The van der Waals surface area contributed by atoms with Crippen LogP contribution in [0.3, 0.4) is 0 Å². The molecule has 0 heterocycles. The third-order valence-corrected chi connectivity index (χ3v) is 3.75. The number of carbonyl (C=O) groups excluding carboxylic acids is 1. The van der Waals surface area contributed by atoms with Gasteiger partial charge in [-0.2, -0.15) is 0 Å². The number of aliphatic hydroxyl groups is 1. The van der Waals surface area contributed by atoms with Crippen molar-refractivity contribution in [1.29, 1.82) is 0 Å². The van der Waals surface area contributed by atoms with Gasteiger partial charge in [-0.25, -0.2) is 4.39 Å². The molecule has 1 aromatic rings. The fourth-order valence-electron chi connectivity index (χ4n) is 2.37. The number of hydrogen-bond acceptors (Lipinski definition) is 2. The van der Waals surface area contributed by atoms with Crippen LogP contribution in [0.2, 0.25) is 0 Å². The Morgan fingerprint density at radius 1 is 1.33 bits per heavy atom. The van der Waals surface area contributed by atoms with E-state index >= 15 is 0 Å². The van der Waals surface area contributed by atoms with Crippen LogP contribution in [0.1, 0.15) is 39.7 Å². The molecule has 1 rings (SSSR count). The summed E-state index contributed by atoms with van der Waals surface area (Å²) >= 11 is 0. The lowest BCUT2D eigenvalue weighted by Gasteiger charge is -2.33. The van der Waals surface area contributed by atoms with E-state index in [0.717, 1.165) is 0 Å². The van der Waals surface area contributed by atoms with E-state index in [0.29, 0.717) is 18.5 Å². The Bertz CT molecular complexity index is 472. The molecule has 0 saturated carbocycles. The molecule has 1 unspecified atom stereocenters. The maximum absolute atomic E-state index is 13.4. The van der Waals surface area contributed by atoms with Crippen LogP contribution in [-0.2, 0) is 11.2 Å². The van der Waals surface area contributed by atoms with E-state index in [9.17, 15) is 14.3 Å². The zero-order valence-corrected chi connectivity index (χ0v) is 13.3. The molecule has 21 heavy (non-hydrogen) atoms. The van der Waals surface area contributed by atoms with Crippen LogP contribution in [-0.4, -0.2) is 23.7 Å². The van der Waals surface area contributed by atoms with Crippen molar-refractivity contribution in [3.63, 3.8) is 0 Å². The average Bonchev–Trinajstić information content (AvgIpc) is 2.43. The van der Waals surface area contributed by atoms with Gasteiger partial charge >= 0.3 is 0 Å².